The van der Waals surface area contributed by atoms with Gasteiger partial charge in [0.05, 0.1) is 0 Å². The first-order valence-corrected chi connectivity index (χ1v) is 30.0. The van der Waals surface area contributed by atoms with Crippen LogP contribution in [0.4, 0.5) is 0 Å². The summed E-state index contributed by atoms with van der Waals surface area (Å²) in [6.07, 6.45) is 7.35. The summed E-state index contributed by atoms with van der Waals surface area (Å²) >= 11 is 0. The third-order valence-electron chi connectivity index (χ3n) is 16.6. The van der Waals surface area contributed by atoms with Gasteiger partial charge in [-0.1, -0.05) is 193 Å². The second-order valence-corrected chi connectivity index (χ2v) is 23.3. The van der Waals surface area contributed by atoms with E-state index in [1.54, 1.807) is 24.7 Å². The third-order valence-corrected chi connectivity index (χ3v) is 16.6. The number of pyridine rings is 4. The minimum Gasteiger partial charge on any atom is -0.201 e. The van der Waals surface area contributed by atoms with Gasteiger partial charge >= 0.3 is 0 Å². The quantitative estimate of drug-likeness (QED) is 0.135. The Balaban J connectivity index is 0.000000240. The van der Waals surface area contributed by atoms with Gasteiger partial charge in [0, 0.05) is 81.1 Å². The first kappa shape index (κ1) is 60.0. The van der Waals surface area contributed by atoms with Crippen LogP contribution in [0.25, 0.3) is 89.5 Å². The van der Waals surface area contributed by atoms with Crippen molar-refractivity contribution in [1.82, 2.24) is 0 Å². The molecule has 0 atom stereocenters. The molecule has 4 aromatic heterocycles. The van der Waals surface area contributed by atoms with Crippen molar-refractivity contribution in [3.63, 3.8) is 0 Å². The van der Waals surface area contributed by atoms with E-state index in [1.807, 2.05) is 121 Å². The SMILES string of the molecule is C.C.C.C.Cc1cc(-c2ccc(-c3ccccc3)cc2C)[n+](C)cc1C.[2H]C([2H])([2H])c1c[n+](C)c(-c2ccc(-c3ccccc3)cc2C)cc1C.[2H]C([2H])([2H])c1c[n+](C)c(-c2ccc(-c3ccccc3)cc2C)cc1C.[2H]C([2H])([2H])c1ccc(-c2cc(C)c(-c3ccccc3)cc2C)[n+](C)c1. The van der Waals surface area contributed by atoms with Crippen molar-refractivity contribution in [2.45, 2.75) is 113 Å². The van der Waals surface area contributed by atoms with E-state index in [-0.39, 0.29) is 29.7 Å². The lowest BCUT2D eigenvalue weighted by Gasteiger charge is -2.12. The highest BCUT2D eigenvalue weighted by molar-refractivity contribution is 5.76. The molecule has 4 heteroatoms. The summed E-state index contributed by atoms with van der Waals surface area (Å²) in [6.45, 7) is 12.4. The minimum atomic E-state index is -2.09. The zero-order valence-electron chi connectivity index (χ0n) is 62.4. The topological polar surface area (TPSA) is 15.5 Å². The Morgan fingerprint density at radius 3 is 0.859 bits per heavy atom. The molecule has 4 nitrogen and oxygen atoms in total. The van der Waals surface area contributed by atoms with E-state index >= 15 is 0 Å². The third kappa shape index (κ3) is 17.4. The maximum Gasteiger partial charge on any atom is 0.212 e. The minimum absolute atomic E-state index is 0. The van der Waals surface area contributed by atoms with Crippen LogP contribution in [-0.2, 0) is 28.2 Å². The summed E-state index contributed by atoms with van der Waals surface area (Å²) in [4.78, 5) is 0. The van der Waals surface area contributed by atoms with Gasteiger partial charge in [0.25, 0.3) is 0 Å². The molecule has 12 aromatic rings. The van der Waals surface area contributed by atoms with Crippen molar-refractivity contribution >= 4 is 0 Å². The first-order chi connectivity index (χ1) is 45.9. The normalized spacial score (nSPS) is 12.1. The molecule has 0 aliphatic rings. The zero-order chi connectivity index (χ0) is 70.3. The van der Waals surface area contributed by atoms with Crippen LogP contribution in [0.5, 0.6) is 0 Å². The number of hydrogen-bond donors (Lipinski definition) is 0. The number of benzene rings is 8. The van der Waals surface area contributed by atoms with E-state index in [2.05, 4.69) is 206 Å². The van der Waals surface area contributed by atoms with Gasteiger partial charge < -0.3 is 0 Å². The maximum absolute atomic E-state index is 7.67. The molecule has 0 saturated heterocycles. The van der Waals surface area contributed by atoms with Gasteiger partial charge in [-0.25, -0.2) is 18.3 Å². The van der Waals surface area contributed by atoms with E-state index in [9.17, 15) is 0 Å². The van der Waals surface area contributed by atoms with E-state index in [0.29, 0.717) is 16.7 Å². The number of nitrogens with zero attached hydrogens (tertiary/aromatic N) is 4. The van der Waals surface area contributed by atoms with Crippen LogP contribution in [-0.4, -0.2) is 0 Å². The van der Waals surface area contributed by atoms with Gasteiger partial charge in [-0.15, -0.1) is 0 Å². The lowest BCUT2D eigenvalue weighted by atomic mass is 9.93. The first-order valence-electron chi connectivity index (χ1n) is 34.5. The van der Waals surface area contributed by atoms with Gasteiger partial charge in [-0.2, -0.15) is 0 Å². The van der Waals surface area contributed by atoms with E-state index < -0.39 is 20.6 Å². The second-order valence-electron chi connectivity index (χ2n) is 23.3. The zero-order valence-corrected chi connectivity index (χ0v) is 53.4. The summed E-state index contributed by atoms with van der Waals surface area (Å²) < 4.78 is 76.6. The fourth-order valence-electron chi connectivity index (χ4n) is 11.4. The number of hydrogen-bond acceptors (Lipinski definition) is 0. The Morgan fingerprint density at radius 2 is 0.522 bits per heavy atom. The lowest BCUT2D eigenvalue weighted by molar-refractivity contribution is -0.660. The van der Waals surface area contributed by atoms with E-state index in [4.69, 9.17) is 12.3 Å². The number of aryl methyl sites for hydroxylation is 16. The van der Waals surface area contributed by atoms with Crippen molar-refractivity contribution < 1.29 is 30.6 Å². The standard InChI is InChI=1S/4C21H22N.4CH4/c3*1-15-13-21(22(4)14-17(15)3)20-11-10-19(12-16(20)2)18-8-6-5-7-9-18;1-15-10-11-21(22(4)14-15)20-13-16(2)19(12-17(20)3)18-8-6-5-7-9-18;;;;/h4*5-14H,1-4H3;4*1H4/q4*+1;;;;/i2*3D3;;1D3;;;;. The molecule has 0 N–H and O–H groups in total. The van der Waals surface area contributed by atoms with Crippen molar-refractivity contribution in [3.05, 3.63) is 310 Å². The highest BCUT2D eigenvalue weighted by Crippen LogP contribution is 2.33. The lowest BCUT2D eigenvalue weighted by Crippen LogP contribution is -2.31. The molecule has 8 aromatic carbocycles. The Labute approximate surface area is 568 Å². The Morgan fingerprint density at radius 1 is 0.217 bits per heavy atom. The van der Waals surface area contributed by atoms with Crippen molar-refractivity contribution in [3.8, 4) is 89.5 Å². The largest absolute Gasteiger partial charge is 0.212 e. The molecule has 0 spiro atoms. The smallest absolute Gasteiger partial charge is 0.201 e. The molecule has 0 unspecified atom stereocenters. The summed E-state index contributed by atoms with van der Waals surface area (Å²) in [5.41, 5.74) is 30.1. The molecule has 0 radical (unpaired) electrons. The van der Waals surface area contributed by atoms with Crippen LogP contribution in [0.1, 0.15) is 109 Å². The molecular weight excluding hydrogens is 1110 g/mol. The average molecular weight is 1230 g/mol. The number of aromatic nitrogens is 4. The van der Waals surface area contributed by atoms with Gasteiger partial charge in [0.1, 0.15) is 28.2 Å². The second kappa shape index (κ2) is 32.9. The van der Waals surface area contributed by atoms with Crippen molar-refractivity contribution in [2.75, 3.05) is 0 Å². The fraction of sp³-hybridized carbons (Fsp3) is 0.227. The molecule has 0 aliphatic heterocycles. The molecular formula is C88H104N4+4. The van der Waals surface area contributed by atoms with Crippen molar-refractivity contribution in [2.24, 2.45) is 28.2 Å². The van der Waals surface area contributed by atoms with Gasteiger partial charge in [-0.3, -0.25) is 0 Å². The summed E-state index contributed by atoms with van der Waals surface area (Å²) in [7, 11) is 7.81. The monoisotopic (exact) mass is 1230 g/mol. The highest BCUT2D eigenvalue weighted by Gasteiger charge is 2.19. The molecule has 0 fully saturated rings. The van der Waals surface area contributed by atoms with Crippen LogP contribution in [0.3, 0.4) is 0 Å². The molecule has 12 rings (SSSR count). The molecule has 0 bridgehead atoms. The highest BCUT2D eigenvalue weighted by atomic mass is 14.9. The van der Waals surface area contributed by atoms with Gasteiger partial charge in [-0.05, 0) is 202 Å². The average Bonchev–Trinajstić information content (AvgIpc) is 0.802. The fourth-order valence-corrected chi connectivity index (χ4v) is 11.4. The summed E-state index contributed by atoms with van der Waals surface area (Å²) in [6, 6.07) is 75.2. The molecule has 0 aliphatic carbocycles. The molecule has 0 amide bonds. The van der Waals surface area contributed by atoms with Crippen LogP contribution in [0, 0.1) is 82.9 Å². The van der Waals surface area contributed by atoms with E-state index in [1.165, 1.54) is 83.6 Å². The molecule has 92 heavy (non-hydrogen) atoms. The predicted molar refractivity (Wildman–Crippen MR) is 398 cm³/mol. The number of rotatable bonds is 8. The van der Waals surface area contributed by atoms with E-state index in [0.717, 1.165) is 56.0 Å². The molecule has 472 valence electrons. The van der Waals surface area contributed by atoms with Crippen LogP contribution >= 0.6 is 0 Å². The van der Waals surface area contributed by atoms with Gasteiger partial charge in [0.2, 0.25) is 22.8 Å². The van der Waals surface area contributed by atoms with Crippen LogP contribution in [0.2, 0.25) is 0 Å². The van der Waals surface area contributed by atoms with Crippen LogP contribution < -0.4 is 18.3 Å². The predicted octanol–water partition coefficient (Wildman–Crippen LogP) is 21.6. The Hall–Kier alpha value is -9.64. The maximum atomic E-state index is 7.67. The van der Waals surface area contributed by atoms with Crippen LogP contribution in [0.15, 0.2) is 243 Å². The van der Waals surface area contributed by atoms with Gasteiger partial charge in [0.15, 0.2) is 24.8 Å². The summed E-state index contributed by atoms with van der Waals surface area (Å²) in [5, 5.41) is 0. The Kier molecular flexibility index (Phi) is 21.4. The van der Waals surface area contributed by atoms with Crippen molar-refractivity contribution in [1.29, 1.82) is 0 Å². The summed E-state index contributed by atoms with van der Waals surface area (Å²) in [5.74, 6) is 0. The molecule has 4 heterocycles. The Bertz CT molecular complexity index is 4620. The molecule has 0 saturated carbocycles.